The minimum absolute atomic E-state index is 0.186. The molecule has 0 amide bonds. The van der Waals surface area contributed by atoms with E-state index in [0.717, 1.165) is 13.0 Å². The molecule has 19 heavy (non-hydrogen) atoms. The summed E-state index contributed by atoms with van der Waals surface area (Å²) in [6.07, 6.45) is 16.2. The molecule has 2 nitrogen and oxygen atoms in total. The van der Waals surface area contributed by atoms with E-state index in [-0.39, 0.29) is 11.7 Å². The molecular formula is C16H32ClNO. The Morgan fingerprint density at radius 2 is 1.05 bits per heavy atom. The second-order valence-electron chi connectivity index (χ2n) is 5.45. The second-order valence-corrected chi connectivity index (χ2v) is 5.72. The SMILES string of the molecule is NCCCCCCCCCCCCCCC(=O)CCl. The van der Waals surface area contributed by atoms with Crippen LogP contribution in [-0.4, -0.2) is 18.2 Å². The number of unbranched alkanes of at least 4 members (excludes halogenated alkanes) is 11. The molecule has 0 bridgehead atoms. The highest BCUT2D eigenvalue weighted by Gasteiger charge is 1.98. The van der Waals surface area contributed by atoms with E-state index in [9.17, 15) is 4.79 Å². The van der Waals surface area contributed by atoms with Gasteiger partial charge < -0.3 is 5.73 Å². The number of rotatable bonds is 15. The summed E-state index contributed by atoms with van der Waals surface area (Å²) in [6.45, 7) is 0.844. The summed E-state index contributed by atoms with van der Waals surface area (Å²) in [5.74, 6) is 0.377. The van der Waals surface area contributed by atoms with Crippen molar-refractivity contribution in [1.82, 2.24) is 0 Å². The van der Waals surface area contributed by atoms with Gasteiger partial charge in [0.2, 0.25) is 0 Å². The molecule has 0 saturated heterocycles. The summed E-state index contributed by atoms with van der Waals surface area (Å²) >= 11 is 5.45. The molecule has 0 unspecified atom stereocenters. The van der Waals surface area contributed by atoms with E-state index in [1.807, 2.05) is 0 Å². The van der Waals surface area contributed by atoms with Gasteiger partial charge in [-0.2, -0.15) is 0 Å². The first-order valence-electron chi connectivity index (χ1n) is 8.09. The van der Waals surface area contributed by atoms with Gasteiger partial charge in [0.25, 0.3) is 0 Å². The van der Waals surface area contributed by atoms with Crippen molar-refractivity contribution in [3.05, 3.63) is 0 Å². The lowest BCUT2D eigenvalue weighted by atomic mass is 10.0. The fourth-order valence-electron chi connectivity index (χ4n) is 2.30. The Labute approximate surface area is 124 Å². The molecule has 0 spiro atoms. The van der Waals surface area contributed by atoms with Gasteiger partial charge in [-0.15, -0.1) is 11.6 Å². The zero-order valence-electron chi connectivity index (χ0n) is 12.5. The van der Waals surface area contributed by atoms with E-state index in [2.05, 4.69) is 0 Å². The number of alkyl halides is 1. The minimum atomic E-state index is 0.186. The third kappa shape index (κ3) is 15.9. The van der Waals surface area contributed by atoms with Crippen molar-refractivity contribution in [2.45, 2.75) is 83.5 Å². The lowest BCUT2D eigenvalue weighted by molar-refractivity contribution is -0.116. The average Bonchev–Trinajstić information content (AvgIpc) is 2.43. The van der Waals surface area contributed by atoms with E-state index in [0.29, 0.717) is 6.42 Å². The van der Waals surface area contributed by atoms with E-state index < -0.39 is 0 Å². The Morgan fingerprint density at radius 3 is 1.42 bits per heavy atom. The Kier molecular flexibility index (Phi) is 15.9. The molecular weight excluding hydrogens is 258 g/mol. The van der Waals surface area contributed by atoms with Gasteiger partial charge in [0.15, 0.2) is 0 Å². The molecule has 0 rings (SSSR count). The van der Waals surface area contributed by atoms with Crippen molar-refractivity contribution in [2.75, 3.05) is 12.4 Å². The van der Waals surface area contributed by atoms with Crippen molar-refractivity contribution < 1.29 is 4.79 Å². The van der Waals surface area contributed by atoms with Crippen LogP contribution in [0.2, 0.25) is 0 Å². The highest BCUT2D eigenvalue weighted by atomic mass is 35.5. The molecule has 114 valence electrons. The van der Waals surface area contributed by atoms with E-state index in [1.54, 1.807) is 0 Å². The standard InChI is InChI=1S/C16H32ClNO/c17-15-16(19)13-11-9-7-5-3-1-2-4-6-8-10-12-14-18/h1-15,18H2. The molecule has 0 aromatic heterocycles. The summed E-state index contributed by atoms with van der Waals surface area (Å²) < 4.78 is 0. The van der Waals surface area contributed by atoms with E-state index >= 15 is 0 Å². The quantitative estimate of drug-likeness (QED) is 0.347. The first kappa shape index (κ1) is 18.9. The molecule has 0 aromatic rings. The van der Waals surface area contributed by atoms with Gasteiger partial charge in [0, 0.05) is 6.42 Å². The summed E-state index contributed by atoms with van der Waals surface area (Å²) in [6, 6.07) is 0. The molecule has 0 aliphatic heterocycles. The first-order valence-corrected chi connectivity index (χ1v) is 8.62. The first-order chi connectivity index (χ1) is 9.31. The number of hydrogen-bond donors (Lipinski definition) is 1. The maximum Gasteiger partial charge on any atom is 0.147 e. The molecule has 0 fully saturated rings. The van der Waals surface area contributed by atoms with Crippen LogP contribution >= 0.6 is 11.6 Å². The second kappa shape index (κ2) is 16.0. The van der Waals surface area contributed by atoms with Crippen LogP contribution in [0.3, 0.4) is 0 Å². The number of ketones is 1. The third-order valence-electron chi connectivity index (χ3n) is 3.56. The largest absolute Gasteiger partial charge is 0.330 e. The van der Waals surface area contributed by atoms with Gasteiger partial charge in [-0.1, -0.05) is 64.2 Å². The number of hydrogen-bond acceptors (Lipinski definition) is 2. The molecule has 0 atom stereocenters. The van der Waals surface area contributed by atoms with Crippen molar-refractivity contribution >= 4 is 17.4 Å². The van der Waals surface area contributed by atoms with Crippen molar-refractivity contribution in [2.24, 2.45) is 5.73 Å². The van der Waals surface area contributed by atoms with Crippen LogP contribution < -0.4 is 5.73 Å². The monoisotopic (exact) mass is 289 g/mol. The van der Waals surface area contributed by atoms with Gasteiger partial charge in [-0.3, -0.25) is 4.79 Å². The number of carbonyl (C=O) groups is 1. The average molecular weight is 290 g/mol. The highest BCUT2D eigenvalue weighted by Crippen LogP contribution is 2.12. The summed E-state index contributed by atoms with van der Waals surface area (Å²) in [5, 5.41) is 0. The zero-order valence-corrected chi connectivity index (χ0v) is 13.2. The Bertz CT molecular complexity index is 197. The summed E-state index contributed by atoms with van der Waals surface area (Å²) in [4.78, 5) is 11.0. The number of nitrogens with two attached hydrogens (primary N) is 1. The molecule has 0 aromatic carbocycles. The van der Waals surface area contributed by atoms with Gasteiger partial charge in [0.1, 0.15) is 5.78 Å². The van der Waals surface area contributed by atoms with Crippen molar-refractivity contribution in [1.29, 1.82) is 0 Å². The fourth-order valence-corrected chi connectivity index (χ4v) is 2.43. The maximum atomic E-state index is 11.0. The summed E-state index contributed by atoms with van der Waals surface area (Å²) in [7, 11) is 0. The molecule has 3 heteroatoms. The number of Topliss-reactive ketones (excluding diaryl/α,β-unsaturated/α-hetero) is 1. The van der Waals surface area contributed by atoms with Crippen molar-refractivity contribution in [3.63, 3.8) is 0 Å². The van der Waals surface area contributed by atoms with Crippen LogP contribution in [0.4, 0.5) is 0 Å². The van der Waals surface area contributed by atoms with Crippen LogP contribution in [0.5, 0.6) is 0 Å². The smallest absolute Gasteiger partial charge is 0.147 e. The summed E-state index contributed by atoms with van der Waals surface area (Å²) in [5.41, 5.74) is 5.46. The van der Waals surface area contributed by atoms with Gasteiger partial charge >= 0.3 is 0 Å². The van der Waals surface area contributed by atoms with Gasteiger partial charge in [-0.05, 0) is 19.4 Å². The number of carbonyl (C=O) groups excluding carboxylic acids is 1. The normalized spacial score (nSPS) is 10.8. The van der Waals surface area contributed by atoms with Gasteiger partial charge in [-0.25, -0.2) is 0 Å². The third-order valence-corrected chi connectivity index (χ3v) is 3.86. The zero-order chi connectivity index (χ0) is 14.2. The van der Waals surface area contributed by atoms with Crippen LogP contribution in [0.25, 0.3) is 0 Å². The topological polar surface area (TPSA) is 43.1 Å². The molecule has 0 aliphatic rings. The fraction of sp³-hybridized carbons (Fsp3) is 0.938. The van der Waals surface area contributed by atoms with Crippen LogP contribution in [-0.2, 0) is 4.79 Å². The van der Waals surface area contributed by atoms with E-state index in [4.69, 9.17) is 17.3 Å². The molecule has 2 N–H and O–H groups in total. The lowest BCUT2D eigenvalue weighted by Crippen LogP contribution is -1.98. The Hall–Kier alpha value is -0.0800. The van der Waals surface area contributed by atoms with Gasteiger partial charge in [0.05, 0.1) is 5.88 Å². The lowest BCUT2D eigenvalue weighted by Gasteiger charge is -2.02. The van der Waals surface area contributed by atoms with Crippen LogP contribution in [0, 0.1) is 0 Å². The molecule has 0 saturated carbocycles. The molecule has 0 radical (unpaired) electrons. The Balaban J connectivity index is 2.97. The van der Waals surface area contributed by atoms with Crippen molar-refractivity contribution in [3.8, 4) is 0 Å². The molecule has 0 aliphatic carbocycles. The highest BCUT2D eigenvalue weighted by molar-refractivity contribution is 6.27. The minimum Gasteiger partial charge on any atom is -0.330 e. The van der Waals surface area contributed by atoms with E-state index in [1.165, 1.54) is 70.6 Å². The Morgan fingerprint density at radius 1 is 0.684 bits per heavy atom. The number of halogens is 1. The predicted octanol–water partition coefficient (Wildman–Crippen LogP) is 4.82. The predicted molar refractivity (Wildman–Crippen MR) is 84.8 cm³/mol. The maximum absolute atomic E-state index is 11.0. The van der Waals surface area contributed by atoms with Crippen LogP contribution in [0.15, 0.2) is 0 Å². The molecule has 0 heterocycles. The van der Waals surface area contributed by atoms with Crippen LogP contribution in [0.1, 0.15) is 83.5 Å².